The molecule has 18 heavy (non-hydrogen) atoms. The molecule has 0 radical (unpaired) electrons. The highest BCUT2D eigenvalue weighted by Crippen LogP contribution is 2.31. The summed E-state index contributed by atoms with van der Waals surface area (Å²) < 4.78 is 101. The number of hydrogen-bond acceptors (Lipinski definition) is 3. The summed E-state index contributed by atoms with van der Waals surface area (Å²) in [6, 6.07) is 0. The third-order valence-corrected chi connectivity index (χ3v) is 1.26. The number of carboxylic acid groups (broad SMARTS) is 1. The van der Waals surface area contributed by atoms with Gasteiger partial charge in [-0.3, -0.25) is 0 Å². The van der Waals surface area contributed by atoms with E-state index in [0.29, 0.717) is 0 Å². The van der Waals surface area contributed by atoms with Gasteiger partial charge in [-0.05, 0) is 0 Å². The fourth-order valence-corrected chi connectivity index (χ4v) is 0.500. The number of hydrogen-bond donors (Lipinski definition) is 1. The third kappa shape index (κ3) is 5.44. The molecule has 4 nitrogen and oxygen atoms in total. The van der Waals surface area contributed by atoms with E-state index in [1.165, 1.54) is 0 Å². The van der Waals surface area contributed by atoms with Gasteiger partial charge in [0.1, 0.15) is 6.61 Å². The fourth-order valence-electron chi connectivity index (χ4n) is 0.500. The van der Waals surface area contributed by atoms with Gasteiger partial charge in [0, 0.05) is 0 Å². The number of ether oxygens (including phenoxy) is 2. The zero-order chi connectivity index (χ0) is 14.8. The van der Waals surface area contributed by atoms with E-state index in [1.807, 2.05) is 0 Å². The van der Waals surface area contributed by atoms with Crippen LogP contribution in [0.1, 0.15) is 0 Å². The molecule has 0 fully saturated rings. The highest BCUT2D eigenvalue weighted by Gasteiger charge is 2.52. The van der Waals surface area contributed by atoms with Crippen LogP contribution < -0.4 is 0 Å². The number of carbonyl (C=O) groups is 1. The molecule has 0 aliphatic heterocycles. The second-order valence-corrected chi connectivity index (χ2v) is 2.74. The largest absolute Gasteiger partial charge is 0.525 e. The maximum Gasteiger partial charge on any atom is 0.525 e. The first kappa shape index (κ1) is 16.8. The molecule has 0 amide bonds. The molecule has 0 saturated carbocycles. The topological polar surface area (TPSA) is 55.8 Å². The van der Waals surface area contributed by atoms with Gasteiger partial charge in [0.15, 0.2) is 0 Å². The number of halogens is 8. The first-order valence-electron chi connectivity index (χ1n) is 3.79. The van der Waals surface area contributed by atoms with Crippen molar-refractivity contribution in [3.8, 4) is 0 Å². The third-order valence-electron chi connectivity index (χ3n) is 1.26. The van der Waals surface area contributed by atoms with Crippen LogP contribution in [0.25, 0.3) is 0 Å². The van der Waals surface area contributed by atoms with Crippen molar-refractivity contribution < 1.29 is 54.5 Å². The Morgan fingerprint density at radius 2 is 1.56 bits per heavy atom. The second-order valence-electron chi connectivity index (χ2n) is 2.74. The average Bonchev–Trinajstić information content (AvgIpc) is 2.12. The van der Waals surface area contributed by atoms with Gasteiger partial charge in [-0.2, -0.15) is 17.6 Å². The molecule has 0 aliphatic carbocycles. The van der Waals surface area contributed by atoms with Crippen LogP contribution in [-0.4, -0.2) is 42.4 Å². The van der Waals surface area contributed by atoms with Crippen LogP contribution in [0.3, 0.4) is 0 Å². The molecule has 0 aromatic carbocycles. The van der Waals surface area contributed by atoms with E-state index in [9.17, 15) is 39.9 Å². The molecular formula is C6H4F8O4. The molecule has 1 N–H and O–H groups in total. The van der Waals surface area contributed by atoms with Crippen LogP contribution in [0.15, 0.2) is 0 Å². The zero-order valence-electron chi connectivity index (χ0n) is 7.98. The number of carboxylic acids is 1. The maximum atomic E-state index is 12.4. The molecule has 0 spiro atoms. The zero-order valence-corrected chi connectivity index (χ0v) is 7.98. The van der Waals surface area contributed by atoms with Crippen molar-refractivity contribution in [2.24, 2.45) is 0 Å². The Balaban J connectivity index is 4.52. The number of aliphatic carboxylic acids is 1. The van der Waals surface area contributed by atoms with Gasteiger partial charge in [0.25, 0.3) is 6.36 Å². The first-order chi connectivity index (χ1) is 7.78. The van der Waals surface area contributed by atoms with Crippen molar-refractivity contribution in [2.45, 2.75) is 24.8 Å². The van der Waals surface area contributed by atoms with Crippen molar-refractivity contribution in [2.75, 3.05) is 6.61 Å². The van der Waals surface area contributed by atoms with Gasteiger partial charge < -0.3 is 9.84 Å². The average molecular weight is 292 g/mol. The minimum absolute atomic E-state index is 2.19. The predicted octanol–water partition coefficient (Wildman–Crippen LogP) is 2.15. The van der Waals surface area contributed by atoms with E-state index in [2.05, 4.69) is 9.47 Å². The van der Waals surface area contributed by atoms with E-state index in [-0.39, 0.29) is 0 Å². The lowest BCUT2D eigenvalue weighted by Crippen LogP contribution is -2.43. The van der Waals surface area contributed by atoms with Crippen molar-refractivity contribution in [1.29, 1.82) is 0 Å². The minimum atomic E-state index is -5.79. The van der Waals surface area contributed by atoms with Crippen molar-refractivity contribution in [3.63, 3.8) is 0 Å². The van der Waals surface area contributed by atoms with Crippen LogP contribution in [-0.2, 0) is 14.3 Å². The first-order valence-corrected chi connectivity index (χ1v) is 3.79. The quantitative estimate of drug-likeness (QED) is 0.762. The Labute approximate surface area is 93.1 Å². The summed E-state index contributed by atoms with van der Waals surface area (Å²) >= 11 is 0. The summed E-state index contributed by atoms with van der Waals surface area (Å²) in [7, 11) is 0. The van der Waals surface area contributed by atoms with Gasteiger partial charge in [0.2, 0.25) is 0 Å². The lowest BCUT2D eigenvalue weighted by atomic mass is 10.4. The molecule has 0 aromatic heterocycles. The molecule has 1 atom stereocenters. The van der Waals surface area contributed by atoms with E-state index < -0.39 is 37.3 Å². The normalized spacial score (nSPS) is 15.6. The monoisotopic (exact) mass is 292 g/mol. The molecular weight excluding hydrogens is 288 g/mol. The molecule has 0 rings (SSSR count). The lowest BCUT2D eigenvalue weighted by molar-refractivity contribution is -0.426. The van der Waals surface area contributed by atoms with Crippen LogP contribution in [0.2, 0.25) is 0 Å². The fraction of sp³-hybridized carbons (Fsp3) is 0.833. The Morgan fingerprint density at radius 1 is 1.11 bits per heavy atom. The molecule has 12 heteroatoms. The molecule has 0 bridgehead atoms. The highest BCUT2D eigenvalue weighted by atomic mass is 19.4. The molecule has 0 heterocycles. The van der Waals surface area contributed by atoms with E-state index in [0.717, 1.165) is 0 Å². The van der Waals surface area contributed by atoms with E-state index >= 15 is 0 Å². The van der Waals surface area contributed by atoms with Crippen LogP contribution in [0.4, 0.5) is 35.1 Å². The molecule has 1 unspecified atom stereocenters. The summed E-state index contributed by atoms with van der Waals surface area (Å²) in [5.41, 5.74) is 0. The predicted molar refractivity (Wildman–Crippen MR) is 35.5 cm³/mol. The lowest BCUT2D eigenvalue weighted by Gasteiger charge is -2.22. The molecule has 0 saturated heterocycles. The SMILES string of the molecule is O=C(O)C(F)(F)COC(F)(F)C(F)OC(F)(F)F. The van der Waals surface area contributed by atoms with E-state index in [4.69, 9.17) is 5.11 Å². The summed E-state index contributed by atoms with van der Waals surface area (Å²) in [6.07, 6.45) is -15.6. The highest BCUT2D eigenvalue weighted by molar-refractivity contribution is 5.75. The van der Waals surface area contributed by atoms with Gasteiger partial charge in [-0.1, -0.05) is 0 Å². The summed E-state index contributed by atoms with van der Waals surface area (Å²) in [4.78, 5) is 9.76. The van der Waals surface area contributed by atoms with Crippen molar-refractivity contribution in [3.05, 3.63) is 0 Å². The molecule has 108 valence electrons. The van der Waals surface area contributed by atoms with Gasteiger partial charge in [-0.25, -0.2) is 13.9 Å². The van der Waals surface area contributed by atoms with Crippen molar-refractivity contribution >= 4 is 5.97 Å². The molecule has 0 aliphatic rings. The molecule has 0 aromatic rings. The smallest absolute Gasteiger partial charge is 0.477 e. The van der Waals surface area contributed by atoms with Gasteiger partial charge in [0.05, 0.1) is 0 Å². The Bertz CT molecular complexity index is 300. The van der Waals surface area contributed by atoms with Crippen molar-refractivity contribution in [1.82, 2.24) is 0 Å². The number of alkyl halides is 8. The Morgan fingerprint density at radius 3 is 1.89 bits per heavy atom. The maximum absolute atomic E-state index is 12.4. The summed E-state index contributed by atoms with van der Waals surface area (Å²) in [6.45, 7) is -2.53. The Hall–Kier alpha value is -1.17. The second kappa shape index (κ2) is 5.22. The minimum Gasteiger partial charge on any atom is -0.477 e. The standard InChI is InChI=1S/C6H4F8O4/c7-2(18-6(12,13)14)5(10,11)17-1-4(8,9)3(15)16/h2H,1H2,(H,15,16). The number of rotatable bonds is 6. The van der Waals surface area contributed by atoms with Crippen LogP contribution in [0, 0.1) is 0 Å². The van der Waals surface area contributed by atoms with Crippen LogP contribution in [0.5, 0.6) is 0 Å². The van der Waals surface area contributed by atoms with Crippen LogP contribution >= 0.6 is 0 Å². The van der Waals surface area contributed by atoms with E-state index in [1.54, 1.807) is 0 Å². The van der Waals surface area contributed by atoms with Gasteiger partial charge in [-0.15, -0.1) is 13.2 Å². The summed E-state index contributed by atoms with van der Waals surface area (Å²) in [5, 5.41) is 7.78. The summed E-state index contributed by atoms with van der Waals surface area (Å²) in [5.74, 6) is -7.69. The van der Waals surface area contributed by atoms with Gasteiger partial charge >= 0.3 is 24.4 Å². The Kier molecular flexibility index (Phi) is 4.88.